The third-order valence-electron chi connectivity index (χ3n) is 3.92. The lowest BCUT2D eigenvalue weighted by atomic mass is 10.1. The first-order chi connectivity index (χ1) is 12.8. The van der Waals surface area contributed by atoms with Crippen molar-refractivity contribution in [1.29, 1.82) is 5.26 Å². The number of rotatable bonds is 6. The number of hydrogen-bond acceptors (Lipinski definition) is 5. The summed E-state index contributed by atoms with van der Waals surface area (Å²) in [5.41, 5.74) is 3.68. The van der Waals surface area contributed by atoms with E-state index in [4.69, 9.17) is 14.7 Å². The maximum absolute atomic E-state index is 12.2. The Morgan fingerprint density at radius 1 is 1.15 bits per heavy atom. The van der Waals surface area contributed by atoms with Crippen LogP contribution in [0, 0.1) is 32.1 Å². The fourth-order valence-electron chi connectivity index (χ4n) is 2.73. The molecule has 0 radical (unpaired) electrons. The molecule has 2 rings (SSSR count). The Balaban J connectivity index is 1.92. The molecule has 0 bridgehead atoms. The SMILES string of the molecule is Cc1cc(C)c(OCC(=O)O[C@@H](C)C(=O)Nc2ccccc2C#N)c(C)c1. The van der Waals surface area contributed by atoms with E-state index in [1.807, 2.05) is 39.0 Å². The summed E-state index contributed by atoms with van der Waals surface area (Å²) in [7, 11) is 0. The second kappa shape index (κ2) is 8.86. The van der Waals surface area contributed by atoms with Crippen LogP contribution in [0.2, 0.25) is 0 Å². The molecule has 0 fully saturated rings. The Labute approximate surface area is 158 Å². The monoisotopic (exact) mass is 366 g/mol. The number of ether oxygens (including phenoxy) is 2. The van der Waals surface area contributed by atoms with Crippen LogP contribution in [0.4, 0.5) is 5.69 Å². The molecule has 0 unspecified atom stereocenters. The molecule has 0 saturated heterocycles. The van der Waals surface area contributed by atoms with E-state index in [0.717, 1.165) is 16.7 Å². The smallest absolute Gasteiger partial charge is 0.344 e. The van der Waals surface area contributed by atoms with Gasteiger partial charge in [0.2, 0.25) is 0 Å². The van der Waals surface area contributed by atoms with Gasteiger partial charge in [-0.15, -0.1) is 0 Å². The highest BCUT2D eigenvalue weighted by molar-refractivity contribution is 5.96. The largest absolute Gasteiger partial charge is 0.481 e. The number of anilines is 1. The van der Waals surface area contributed by atoms with E-state index in [9.17, 15) is 9.59 Å². The average molecular weight is 366 g/mol. The quantitative estimate of drug-likeness (QED) is 0.791. The van der Waals surface area contributed by atoms with Crippen molar-refractivity contribution in [2.24, 2.45) is 0 Å². The third-order valence-corrected chi connectivity index (χ3v) is 3.92. The van der Waals surface area contributed by atoms with Crippen LogP contribution < -0.4 is 10.1 Å². The number of carbonyl (C=O) groups excluding carboxylic acids is 2. The van der Waals surface area contributed by atoms with Gasteiger partial charge in [0, 0.05) is 0 Å². The molecule has 1 atom stereocenters. The lowest BCUT2D eigenvalue weighted by Gasteiger charge is -2.16. The Bertz CT molecular complexity index is 876. The van der Waals surface area contributed by atoms with Gasteiger partial charge >= 0.3 is 5.97 Å². The Morgan fingerprint density at radius 2 is 1.78 bits per heavy atom. The number of nitriles is 1. The molecule has 0 spiro atoms. The molecule has 2 aromatic rings. The summed E-state index contributed by atoms with van der Waals surface area (Å²) in [6.45, 7) is 6.97. The molecule has 0 aliphatic heterocycles. The zero-order chi connectivity index (χ0) is 20.0. The molecular weight excluding hydrogens is 344 g/mol. The molecule has 0 aliphatic carbocycles. The summed E-state index contributed by atoms with van der Waals surface area (Å²) in [5, 5.41) is 11.6. The highest BCUT2D eigenvalue weighted by Crippen LogP contribution is 2.24. The highest BCUT2D eigenvalue weighted by Gasteiger charge is 2.19. The van der Waals surface area contributed by atoms with Crippen molar-refractivity contribution < 1.29 is 19.1 Å². The second-order valence-corrected chi connectivity index (χ2v) is 6.30. The zero-order valence-corrected chi connectivity index (χ0v) is 15.8. The molecule has 6 nitrogen and oxygen atoms in total. The number of amides is 1. The van der Waals surface area contributed by atoms with Crippen molar-refractivity contribution in [3.8, 4) is 11.8 Å². The molecule has 0 heterocycles. The van der Waals surface area contributed by atoms with Crippen molar-refractivity contribution >= 4 is 17.6 Å². The van der Waals surface area contributed by atoms with Crippen LogP contribution in [0.3, 0.4) is 0 Å². The molecule has 6 heteroatoms. The fourth-order valence-corrected chi connectivity index (χ4v) is 2.73. The van der Waals surface area contributed by atoms with E-state index in [0.29, 0.717) is 17.0 Å². The number of nitrogens with one attached hydrogen (secondary N) is 1. The van der Waals surface area contributed by atoms with Crippen LogP contribution in [0.15, 0.2) is 36.4 Å². The Hall–Kier alpha value is -3.33. The topological polar surface area (TPSA) is 88.4 Å². The number of aryl methyl sites for hydroxylation is 3. The summed E-state index contributed by atoms with van der Waals surface area (Å²) in [6, 6.07) is 12.5. The van der Waals surface area contributed by atoms with Crippen molar-refractivity contribution in [2.45, 2.75) is 33.8 Å². The van der Waals surface area contributed by atoms with Gasteiger partial charge in [-0.3, -0.25) is 4.79 Å². The average Bonchev–Trinajstić information content (AvgIpc) is 2.61. The summed E-state index contributed by atoms with van der Waals surface area (Å²) in [4.78, 5) is 24.2. The standard InChI is InChI=1S/C21H22N2O4/c1-13-9-14(2)20(15(3)10-13)26-12-19(24)27-16(4)21(25)23-18-8-6-5-7-17(18)11-22/h5-10,16H,12H2,1-4H3,(H,23,25)/t16-/m0/s1. The maximum Gasteiger partial charge on any atom is 0.344 e. The number of carbonyl (C=O) groups is 2. The molecule has 140 valence electrons. The molecule has 2 aromatic carbocycles. The van der Waals surface area contributed by atoms with Crippen LogP contribution in [-0.4, -0.2) is 24.6 Å². The van der Waals surface area contributed by atoms with Crippen molar-refractivity contribution in [3.05, 3.63) is 58.7 Å². The van der Waals surface area contributed by atoms with Gasteiger partial charge in [0.05, 0.1) is 11.3 Å². The van der Waals surface area contributed by atoms with Gasteiger partial charge in [-0.05, 0) is 51.0 Å². The molecular formula is C21H22N2O4. The van der Waals surface area contributed by atoms with Gasteiger partial charge in [0.15, 0.2) is 12.7 Å². The first kappa shape index (κ1) is 20.0. The van der Waals surface area contributed by atoms with E-state index in [1.54, 1.807) is 24.3 Å². The van der Waals surface area contributed by atoms with Crippen LogP contribution in [0.25, 0.3) is 0 Å². The summed E-state index contributed by atoms with van der Waals surface area (Å²) < 4.78 is 10.7. The fraction of sp³-hybridized carbons (Fsp3) is 0.286. The highest BCUT2D eigenvalue weighted by atomic mass is 16.6. The number of esters is 1. The predicted molar refractivity (Wildman–Crippen MR) is 101 cm³/mol. The molecule has 0 aliphatic rings. The first-order valence-corrected chi connectivity index (χ1v) is 8.52. The summed E-state index contributed by atoms with van der Waals surface area (Å²) >= 11 is 0. The number of benzene rings is 2. The number of hydrogen-bond donors (Lipinski definition) is 1. The van der Waals surface area contributed by atoms with Crippen LogP contribution >= 0.6 is 0 Å². The zero-order valence-electron chi connectivity index (χ0n) is 15.8. The van der Waals surface area contributed by atoms with Crippen molar-refractivity contribution in [3.63, 3.8) is 0 Å². The van der Waals surface area contributed by atoms with Crippen molar-refractivity contribution in [1.82, 2.24) is 0 Å². The van der Waals surface area contributed by atoms with Gasteiger partial charge < -0.3 is 14.8 Å². The lowest BCUT2D eigenvalue weighted by Crippen LogP contribution is -2.32. The molecule has 1 amide bonds. The summed E-state index contributed by atoms with van der Waals surface area (Å²) in [6.07, 6.45) is -1.02. The minimum atomic E-state index is -1.02. The van der Waals surface area contributed by atoms with Gasteiger partial charge in [-0.25, -0.2) is 4.79 Å². The Kier molecular flexibility index (Phi) is 6.56. The summed E-state index contributed by atoms with van der Waals surface area (Å²) in [5.74, 6) is -0.531. The van der Waals surface area contributed by atoms with Gasteiger partial charge in [-0.1, -0.05) is 29.8 Å². The third kappa shape index (κ3) is 5.32. The van der Waals surface area contributed by atoms with E-state index >= 15 is 0 Å². The van der Waals surface area contributed by atoms with Crippen molar-refractivity contribution in [2.75, 3.05) is 11.9 Å². The first-order valence-electron chi connectivity index (χ1n) is 8.52. The van der Waals surface area contributed by atoms with Crippen LogP contribution in [-0.2, 0) is 14.3 Å². The number of nitrogens with zero attached hydrogens (tertiary/aromatic N) is 1. The lowest BCUT2D eigenvalue weighted by molar-refractivity contribution is -0.155. The minimum absolute atomic E-state index is 0.295. The molecule has 27 heavy (non-hydrogen) atoms. The molecule has 1 N–H and O–H groups in total. The normalized spacial score (nSPS) is 11.2. The van der Waals surface area contributed by atoms with Gasteiger partial charge in [0.25, 0.3) is 5.91 Å². The second-order valence-electron chi connectivity index (χ2n) is 6.30. The van der Waals surface area contributed by atoms with Crippen LogP contribution in [0.1, 0.15) is 29.2 Å². The van der Waals surface area contributed by atoms with E-state index in [2.05, 4.69) is 5.32 Å². The maximum atomic E-state index is 12.2. The van der Waals surface area contributed by atoms with Gasteiger partial charge in [0.1, 0.15) is 11.8 Å². The van der Waals surface area contributed by atoms with E-state index in [-0.39, 0.29) is 6.61 Å². The molecule has 0 saturated carbocycles. The van der Waals surface area contributed by atoms with E-state index < -0.39 is 18.0 Å². The Morgan fingerprint density at radius 3 is 2.41 bits per heavy atom. The van der Waals surface area contributed by atoms with E-state index in [1.165, 1.54) is 6.92 Å². The minimum Gasteiger partial charge on any atom is -0.481 e. The van der Waals surface area contributed by atoms with Crippen LogP contribution in [0.5, 0.6) is 5.75 Å². The predicted octanol–water partition coefficient (Wildman–Crippen LogP) is 3.43. The van der Waals surface area contributed by atoms with Gasteiger partial charge in [-0.2, -0.15) is 5.26 Å². The molecule has 0 aromatic heterocycles. The number of para-hydroxylation sites is 1.